The van der Waals surface area contributed by atoms with E-state index in [2.05, 4.69) is 4.74 Å². The molecule has 0 saturated heterocycles. The predicted molar refractivity (Wildman–Crippen MR) is 54.4 cm³/mol. The van der Waals surface area contributed by atoms with E-state index in [1.165, 1.54) is 0 Å². The first-order valence-electron chi connectivity index (χ1n) is 4.71. The molecule has 1 heterocycles. The molecule has 1 aromatic carbocycles. The van der Waals surface area contributed by atoms with Gasteiger partial charge in [0.05, 0.1) is 17.4 Å². The van der Waals surface area contributed by atoms with Crippen LogP contribution in [0.15, 0.2) is 12.1 Å². The maximum Gasteiger partial charge on any atom is 0.483 e. The quantitative estimate of drug-likeness (QED) is 0.606. The van der Waals surface area contributed by atoms with Gasteiger partial charge in [-0.1, -0.05) is 0 Å². The lowest BCUT2D eigenvalue weighted by atomic mass is 10.2. The molecule has 5 nitrogen and oxygen atoms in total. The summed E-state index contributed by atoms with van der Waals surface area (Å²) in [7, 11) is 0. The van der Waals surface area contributed by atoms with E-state index in [1.54, 1.807) is 6.07 Å². The van der Waals surface area contributed by atoms with Crippen LogP contribution in [0.5, 0.6) is 5.75 Å². The normalized spacial score (nSPS) is 16.8. The highest BCUT2D eigenvalue weighted by Gasteiger charge is 2.50. The Morgan fingerprint density at radius 2 is 2.17 bits per heavy atom. The van der Waals surface area contributed by atoms with Crippen molar-refractivity contribution in [3.8, 4) is 11.8 Å². The largest absolute Gasteiger partial charge is 0.483 e. The summed E-state index contributed by atoms with van der Waals surface area (Å²) in [4.78, 5) is 11.9. The fraction of sp³-hybridized carbons (Fsp3) is 0.200. The molecule has 0 aliphatic carbocycles. The molecule has 1 amide bonds. The highest BCUT2D eigenvalue weighted by Crippen LogP contribution is 2.41. The highest BCUT2D eigenvalue weighted by atomic mass is 19.3. The van der Waals surface area contributed by atoms with Crippen LogP contribution < -0.4 is 15.4 Å². The molecule has 94 valence electrons. The van der Waals surface area contributed by atoms with Gasteiger partial charge in [-0.2, -0.15) is 14.0 Å². The molecule has 1 aromatic rings. The average Bonchev–Trinajstić information content (AvgIpc) is 2.28. The molecule has 0 saturated carbocycles. The maximum absolute atomic E-state index is 13.2. The van der Waals surface area contributed by atoms with E-state index in [1.807, 2.05) is 0 Å². The van der Waals surface area contributed by atoms with Crippen LogP contribution >= 0.6 is 0 Å². The maximum atomic E-state index is 13.2. The van der Waals surface area contributed by atoms with Crippen LogP contribution in [0.4, 0.5) is 24.5 Å². The van der Waals surface area contributed by atoms with Crippen LogP contribution in [-0.2, 0) is 4.79 Å². The number of nitrogen functional groups attached to an aromatic ring is 1. The lowest BCUT2D eigenvalue weighted by molar-refractivity contribution is -0.192. The summed E-state index contributed by atoms with van der Waals surface area (Å²) in [6.45, 7) is -0.615. The van der Waals surface area contributed by atoms with Gasteiger partial charge in [-0.3, -0.25) is 9.69 Å². The summed E-state index contributed by atoms with van der Waals surface area (Å²) in [6, 6.07) is 3.18. The van der Waals surface area contributed by atoms with Crippen molar-refractivity contribution in [3.05, 3.63) is 17.9 Å². The van der Waals surface area contributed by atoms with E-state index in [-0.39, 0.29) is 11.4 Å². The molecule has 0 unspecified atom stereocenters. The lowest BCUT2D eigenvalue weighted by Gasteiger charge is -2.32. The Hall–Kier alpha value is -2.43. The third-order valence-corrected chi connectivity index (χ3v) is 2.33. The second kappa shape index (κ2) is 3.80. The fourth-order valence-electron chi connectivity index (χ4n) is 1.53. The van der Waals surface area contributed by atoms with Gasteiger partial charge in [0.15, 0.2) is 5.75 Å². The Morgan fingerprint density at radius 1 is 1.50 bits per heavy atom. The van der Waals surface area contributed by atoms with Crippen LogP contribution in [0, 0.1) is 17.1 Å². The number of nitriles is 1. The summed E-state index contributed by atoms with van der Waals surface area (Å²) >= 11 is 0. The van der Waals surface area contributed by atoms with E-state index in [0.29, 0.717) is 11.0 Å². The Labute approximate surface area is 99.1 Å². The van der Waals surface area contributed by atoms with E-state index in [9.17, 15) is 18.0 Å². The van der Waals surface area contributed by atoms with E-state index in [0.717, 1.165) is 6.07 Å². The molecule has 18 heavy (non-hydrogen) atoms. The van der Waals surface area contributed by atoms with Crippen molar-refractivity contribution in [1.82, 2.24) is 0 Å². The van der Waals surface area contributed by atoms with Gasteiger partial charge >= 0.3 is 12.0 Å². The molecule has 0 bridgehead atoms. The standard InChI is InChI=1S/C10H6F3N3O2/c11-5-3-8-7(4-6(5)15)16(2-1-14)9(17)10(12,13)18-8/h3-4H,2,15H2. The third kappa shape index (κ3) is 1.69. The van der Waals surface area contributed by atoms with Crippen molar-refractivity contribution in [2.75, 3.05) is 17.2 Å². The monoisotopic (exact) mass is 257 g/mol. The summed E-state index contributed by atoms with van der Waals surface area (Å²) in [5.41, 5.74) is 4.78. The van der Waals surface area contributed by atoms with Crippen molar-refractivity contribution in [2.24, 2.45) is 0 Å². The number of rotatable bonds is 1. The van der Waals surface area contributed by atoms with Gasteiger partial charge in [-0.25, -0.2) is 4.39 Å². The average molecular weight is 257 g/mol. The van der Waals surface area contributed by atoms with Gasteiger partial charge in [0, 0.05) is 6.07 Å². The molecule has 0 fully saturated rings. The van der Waals surface area contributed by atoms with Crippen LogP contribution in [0.3, 0.4) is 0 Å². The number of carbonyl (C=O) groups excluding carboxylic acids is 1. The molecule has 0 aromatic heterocycles. The zero-order valence-corrected chi connectivity index (χ0v) is 8.78. The topological polar surface area (TPSA) is 79.3 Å². The second-order valence-electron chi connectivity index (χ2n) is 3.51. The minimum atomic E-state index is -4.13. The number of nitrogens with two attached hydrogens (primary N) is 1. The molecule has 1 aliphatic heterocycles. The molecule has 0 atom stereocenters. The number of ether oxygens (including phenoxy) is 1. The molecular formula is C10H6F3N3O2. The number of carbonyl (C=O) groups is 1. The number of alkyl halides is 2. The van der Waals surface area contributed by atoms with Crippen LogP contribution in [0.2, 0.25) is 0 Å². The Kier molecular flexibility index (Phi) is 2.54. The predicted octanol–water partition coefficient (Wildman–Crippen LogP) is 1.25. The van der Waals surface area contributed by atoms with Crippen molar-refractivity contribution < 1.29 is 22.7 Å². The molecule has 8 heteroatoms. The molecule has 0 spiro atoms. The van der Waals surface area contributed by atoms with Gasteiger partial charge in [-0.05, 0) is 6.07 Å². The Bertz CT molecular complexity index is 568. The number of fused-ring (bicyclic) bond motifs is 1. The fourth-order valence-corrected chi connectivity index (χ4v) is 1.53. The number of halogens is 3. The van der Waals surface area contributed by atoms with Crippen LogP contribution in [0.1, 0.15) is 0 Å². The second-order valence-corrected chi connectivity index (χ2v) is 3.51. The van der Waals surface area contributed by atoms with Gasteiger partial charge in [-0.15, -0.1) is 0 Å². The number of hydrogen-bond donors (Lipinski definition) is 1. The summed E-state index contributed by atoms with van der Waals surface area (Å²) in [5.74, 6) is -3.18. The molecule has 2 rings (SSSR count). The number of amides is 1. The first-order chi connectivity index (χ1) is 8.36. The lowest BCUT2D eigenvalue weighted by Crippen LogP contribution is -2.51. The van der Waals surface area contributed by atoms with Crippen molar-refractivity contribution in [3.63, 3.8) is 0 Å². The Balaban J connectivity index is 2.60. The summed E-state index contributed by atoms with van der Waals surface area (Å²) in [6.07, 6.45) is -4.13. The van der Waals surface area contributed by atoms with Crippen molar-refractivity contribution in [1.29, 1.82) is 5.26 Å². The molecular weight excluding hydrogens is 251 g/mol. The highest BCUT2D eigenvalue weighted by molar-refractivity contribution is 6.01. The van der Waals surface area contributed by atoms with Crippen LogP contribution in [-0.4, -0.2) is 18.6 Å². The summed E-state index contributed by atoms with van der Waals surface area (Å²) in [5, 5.41) is 8.52. The van der Waals surface area contributed by atoms with Crippen molar-refractivity contribution in [2.45, 2.75) is 6.11 Å². The molecule has 0 radical (unpaired) electrons. The Morgan fingerprint density at radius 3 is 2.78 bits per heavy atom. The zero-order valence-electron chi connectivity index (χ0n) is 8.78. The van der Waals surface area contributed by atoms with E-state index >= 15 is 0 Å². The number of hydrogen-bond acceptors (Lipinski definition) is 4. The van der Waals surface area contributed by atoms with Gasteiger partial charge in [0.1, 0.15) is 12.4 Å². The SMILES string of the molecule is N#CCN1C(=O)C(F)(F)Oc2cc(F)c(N)cc21. The van der Waals surface area contributed by atoms with Gasteiger partial charge in [0.2, 0.25) is 0 Å². The number of benzene rings is 1. The van der Waals surface area contributed by atoms with E-state index < -0.39 is 30.1 Å². The minimum Gasteiger partial charge on any atom is -0.423 e. The van der Waals surface area contributed by atoms with Crippen molar-refractivity contribution >= 4 is 17.3 Å². The summed E-state index contributed by atoms with van der Waals surface area (Å²) < 4.78 is 43.7. The number of anilines is 2. The van der Waals surface area contributed by atoms with E-state index in [4.69, 9.17) is 11.0 Å². The molecule has 2 N–H and O–H groups in total. The minimum absolute atomic E-state index is 0.161. The third-order valence-electron chi connectivity index (χ3n) is 2.33. The first-order valence-corrected chi connectivity index (χ1v) is 4.71. The smallest absolute Gasteiger partial charge is 0.423 e. The van der Waals surface area contributed by atoms with Gasteiger partial charge < -0.3 is 10.5 Å². The first kappa shape index (κ1) is 12.0. The molecule has 1 aliphatic rings. The zero-order chi connectivity index (χ0) is 13.5. The number of nitrogens with zero attached hydrogens (tertiary/aromatic N) is 2. The van der Waals surface area contributed by atoms with Gasteiger partial charge in [0.25, 0.3) is 0 Å². The van der Waals surface area contributed by atoms with Crippen LogP contribution in [0.25, 0.3) is 0 Å².